The Balaban J connectivity index is 2.79. The molecule has 1 rings (SSSR count). The Morgan fingerprint density at radius 3 is 3.17 bits per heavy atom. The quantitative estimate of drug-likeness (QED) is 0.726. The molecule has 1 aromatic heterocycles. The number of ether oxygens (including phenoxy) is 1. The summed E-state index contributed by atoms with van der Waals surface area (Å²) in [5.41, 5.74) is 6.36. The maximum absolute atomic E-state index is 5.31. The number of hydrogen-bond donors (Lipinski definition) is 1. The van der Waals surface area contributed by atoms with Crippen LogP contribution in [-0.4, -0.2) is 18.6 Å². The Morgan fingerprint density at radius 1 is 1.67 bits per heavy atom. The SMILES string of the molecule is COc1cc(C=CCN)ccn1. The van der Waals surface area contributed by atoms with Crippen molar-refractivity contribution in [3.05, 3.63) is 30.0 Å². The number of nitrogens with two attached hydrogens (primary N) is 1. The van der Waals surface area contributed by atoms with Crippen molar-refractivity contribution >= 4 is 6.08 Å². The lowest BCUT2D eigenvalue weighted by Gasteiger charge is -1.98. The van der Waals surface area contributed by atoms with E-state index >= 15 is 0 Å². The number of rotatable bonds is 3. The van der Waals surface area contributed by atoms with Crippen molar-refractivity contribution in [1.82, 2.24) is 4.98 Å². The van der Waals surface area contributed by atoms with Gasteiger partial charge in [-0.1, -0.05) is 12.2 Å². The van der Waals surface area contributed by atoms with Crippen LogP contribution in [0.2, 0.25) is 0 Å². The molecule has 1 heterocycles. The van der Waals surface area contributed by atoms with Crippen LogP contribution >= 0.6 is 0 Å². The molecule has 3 heteroatoms. The molecule has 3 nitrogen and oxygen atoms in total. The Morgan fingerprint density at radius 2 is 2.50 bits per heavy atom. The molecule has 0 spiro atoms. The van der Waals surface area contributed by atoms with Crippen molar-refractivity contribution in [2.24, 2.45) is 5.73 Å². The lowest BCUT2D eigenvalue weighted by atomic mass is 10.2. The summed E-state index contributed by atoms with van der Waals surface area (Å²) in [6.45, 7) is 0.546. The summed E-state index contributed by atoms with van der Waals surface area (Å²) in [4.78, 5) is 3.98. The maximum atomic E-state index is 5.31. The van der Waals surface area contributed by atoms with Gasteiger partial charge in [0.15, 0.2) is 0 Å². The fourth-order valence-corrected chi connectivity index (χ4v) is 0.844. The minimum Gasteiger partial charge on any atom is -0.481 e. The maximum Gasteiger partial charge on any atom is 0.213 e. The van der Waals surface area contributed by atoms with Gasteiger partial charge in [-0.25, -0.2) is 4.98 Å². The second-order valence-electron chi connectivity index (χ2n) is 2.27. The largest absolute Gasteiger partial charge is 0.481 e. The van der Waals surface area contributed by atoms with Gasteiger partial charge >= 0.3 is 0 Å². The molecule has 0 amide bonds. The Kier molecular flexibility index (Phi) is 3.29. The molecule has 0 atom stereocenters. The zero-order valence-corrected chi connectivity index (χ0v) is 7.03. The van der Waals surface area contributed by atoms with Crippen molar-refractivity contribution < 1.29 is 4.74 Å². The highest BCUT2D eigenvalue weighted by molar-refractivity contribution is 5.49. The van der Waals surface area contributed by atoms with Crippen LogP contribution in [0, 0.1) is 0 Å². The molecule has 0 saturated heterocycles. The van der Waals surface area contributed by atoms with Crippen LogP contribution < -0.4 is 10.5 Å². The van der Waals surface area contributed by atoms with E-state index in [-0.39, 0.29) is 0 Å². The van der Waals surface area contributed by atoms with E-state index in [9.17, 15) is 0 Å². The minimum absolute atomic E-state index is 0.546. The molecule has 12 heavy (non-hydrogen) atoms. The number of aromatic nitrogens is 1. The molecule has 0 fully saturated rings. The first-order valence-electron chi connectivity index (χ1n) is 3.73. The van der Waals surface area contributed by atoms with Crippen molar-refractivity contribution in [3.8, 4) is 5.88 Å². The molecule has 64 valence electrons. The molecule has 2 N–H and O–H groups in total. The zero-order valence-electron chi connectivity index (χ0n) is 7.03. The molecule has 0 aromatic carbocycles. The molecule has 0 aliphatic rings. The average molecular weight is 164 g/mol. The first kappa shape index (κ1) is 8.74. The number of methoxy groups -OCH3 is 1. The lowest BCUT2D eigenvalue weighted by molar-refractivity contribution is 0.398. The van der Waals surface area contributed by atoms with E-state index in [0.29, 0.717) is 12.4 Å². The van der Waals surface area contributed by atoms with E-state index in [1.807, 2.05) is 24.3 Å². The van der Waals surface area contributed by atoms with Crippen molar-refractivity contribution in [2.45, 2.75) is 0 Å². The van der Waals surface area contributed by atoms with Crippen LogP contribution in [0.5, 0.6) is 5.88 Å². The number of nitrogens with zero attached hydrogens (tertiary/aromatic N) is 1. The number of pyridine rings is 1. The van der Waals surface area contributed by atoms with Gasteiger partial charge in [-0.15, -0.1) is 0 Å². The smallest absolute Gasteiger partial charge is 0.213 e. The van der Waals surface area contributed by atoms with Gasteiger partial charge in [0.05, 0.1) is 7.11 Å². The van der Waals surface area contributed by atoms with Gasteiger partial charge in [-0.2, -0.15) is 0 Å². The molecular weight excluding hydrogens is 152 g/mol. The van der Waals surface area contributed by atoms with Gasteiger partial charge < -0.3 is 10.5 Å². The Bertz CT molecular complexity index is 271. The highest BCUT2D eigenvalue weighted by atomic mass is 16.5. The van der Waals surface area contributed by atoms with E-state index < -0.39 is 0 Å². The van der Waals surface area contributed by atoms with Gasteiger partial charge in [0.1, 0.15) is 0 Å². The summed E-state index contributed by atoms with van der Waals surface area (Å²) >= 11 is 0. The lowest BCUT2D eigenvalue weighted by Crippen LogP contribution is -1.92. The highest BCUT2D eigenvalue weighted by Gasteiger charge is 1.91. The van der Waals surface area contributed by atoms with Crippen molar-refractivity contribution in [3.63, 3.8) is 0 Å². The van der Waals surface area contributed by atoms with Crippen LogP contribution in [0.15, 0.2) is 24.4 Å². The van der Waals surface area contributed by atoms with Crippen LogP contribution in [-0.2, 0) is 0 Å². The van der Waals surface area contributed by atoms with Gasteiger partial charge in [-0.3, -0.25) is 0 Å². The van der Waals surface area contributed by atoms with Gasteiger partial charge in [0.25, 0.3) is 0 Å². The molecule has 0 unspecified atom stereocenters. The van der Waals surface area contributed by atoms with Crippen molar-refractivity contribution in [2.75, 3.05) is 13.7 Å². The molecule has 0 radical (unpaired) electrons. The Hall–Kier alpha value is -1.35. The monoisotopic (exact) mass is 164 g/mol. The predicted octanol–water partition coefficient (Wildman–Crippen LogP) is 1.06. The van der Waals surface area contributed by atoms with E-state index in [1.165, 1.54) is 0 Å². The second-order valence-corrected chi connectivity index (χ2v) is 2.27. The number of hydrogen-bond acceptors (Lipinski definition) is 3. The Labute approximate surface area is 71.9 Å². The standard InChI is InChI=1S/C9H12N2O/c1-12-9-7-8(3-2-5-10)4-6-11-9/h2-4,6-7H,5,10H2,1H3. The molecule has 0 aliphatic carbocycles. The first-order valence-corrected chi connectivity index (χ1v) is 3.73. The minimum atomic E-state index is 0.546. The average Bonchev–Trinajstić information content (AvgIpc) is 2.15. The molecule has 0 saturated carbocycles. The van der Waals surface area contributed by atoms with Gasteiger partial charge in [0, 0.05) is 18.8 Å². The van der Waals surface area contributed by atoms with Crippen LogP contribution in [0.3, 0.4) is 0 Å². The third-order valence-corrected chi connectivity index (χ3v) is 1.41. The normalized spacial score (nSPS) is 10.5. The van der Waals surface area contributed by atoms with Crippen molar-refractivity contribution in [1.29, 1.82) is 0 Å². The summed E-state index contributed by atoms with van der Waals surface area (Å²) in [6.07, 6.45) is 5.52. The van der Waals surface area contributed by atoms with Crippen LogP contribution in [0.25, 0.3) is 6.08 Å². The first-order chi connectivity index (χ1) is 5.86. The predicted molar refractivity (Wildman–Crippen MR) is 48.9 cm³/mol. The van der Waals surface area contributed by atoms with Crippen LogP contribution in [0.4, 0.5) is 0 Å². The third kappa shape index (κ3) is 2.36. The molecule has 0 aliphatic heterocycles. The van der Waals surface area contributed by atoms with Gasteiger partial charge in [0.2, 0.25) is 5.88 Å². The second kappa shape index (κ2) is 4.51. The molecule has 0 bridgehead atoms. The van der Waals surface area contributed by atoms with E-state index in [0.717, 1.165) is 5.56 Å². The van der Waals surface area contributed by atoms with E-state index in [2.05, 4.69) is 4.98 Å². The summed E-state index contributed by atoms with van der Waals surface area (Å²) in [5.74, 6) is 0.620. The fourth-order valence-electron chi connectivity index (χ4n) is 0.844. The third-order valence-electron chi connectivity index (χ3n) is 1.41. The summed E-state index contributed by atoms with van der Waals surface area (Å²) in [7, 11) is 1.60. The zero-order chi connectivity index (χ0) is 8.81. The summed E-state index contributed by atoms with van der Waals surface area (Å²) in [5, 5.41) is 0. The molecule has 1 aromatic rings. The fraction of sp³-hybridized carbons (Fsp3) is 0.222. The summed E-state index contributed by atoms with van der Waals surface area (Å²) < 4.78 is 4.96. The molecular formula is C9H12N2O. The van der Waals surface area contributed by atoms with Crippen LogP contribution in [0.1, 0.15) is 5.56 Å². The topological polar surface area (TPSA) is 48.1 Å². The summed E-state index contributed by atoms with van der Waals surface area (Å²) in [6, 6.07) is 3.75. The van der Waals surface area contributed by atoms with Gasteiger partial charge in [-0.05, 0) is 11.6 Å². The van der Waals surface area contributed by atoms with E-state index in [4.69, 9.17) is 10.5 Å². The van der Waals surface area contributed by atoms with E-state index in [1.54, 1.807) is 13.3 Å². The highest BCUT2D eigenvalue weighted by Crippen LogP contribution is 2.09.